The molecule has 2 aromatic rings. The molecule has 0 aliphatic carbocycles. The third-order valence-electron chi connectivity index (χ3n) is 5.15. The minimum atomic E-state index is -3.04. The summed E-state index contributed by atoms with van der Waals surface area (Å²) in [6.07, 6.45) is 0.969. The number of hydrogen-bond acceptors (Lipinski definition) is 4. The third-order valence-corrected chi connectivity index (χ3v) is 8.65. The minimum Gasteiger partial charge on any atom is -0.346 e. The molecule has 2 heterocycles. The molecule has 0 unspecified atom stereocenters. The van der Waals surface area contributed by atoms with Crippen molar-refractivity contribution in [3.8, 4) is 0 Å². The molecule has 2 aliphatic rings. The molecule has 0 aromatic heterocycles. The van der Waals surface area contributed by atoms with Crippen LogP contribution in [0.1, 0.15) is 11.1 Å². The molecule has 2 atom stereocenters. The van der Waals surface area contributed by atoms with E-state index in [0.29, 0.717) is 16.7 Å². The Morgan fingerprint density at radius 2 is 1.79 bits per heavy atom. The molecule has 5 nitrogen and oxygen atoms in total. The molecular formula is C21H21ClN2O3S2. The molecule has 2 aliphatic heterocycles. The van der Waals surface area contributed by atoms with E-state index in [1.807, 2.05) is 35.2 Å². The Kier molecular flexibility index (Phi) is 5.99. The quantitative estimate of drug-likeness (QED) is 0.702. The number of thioether (sulfide) groups is 1. The van der Waals surface area contributed by atoms with Crippen molar-refractivity contribution >= 4 is 44.3 Å². The molecule has 0 radical (unpaired) electrons. The van der Waals surface area contributed by atoms with Crippen molar-refractivity contribution < 1.29 is 13.2 Å². The van der Waals surface area contributed by atoms with Gasteiger partial charge in [0, 0.05) is 16.8 Å². The summed E-state index contributed by atoms with van der Waals surface area (Å²) in [5.41, 5.74) is 2.03. The van der Waals surface area contributed by atoms with E-state index in [1.165, 1.54) is 17.3 Å². The van der Waals surface area contributed by atoms with Gasteiger partial charge in [0.25, 0.3) is 5.91 Å². The molecule has 2 aromatic carbocycles. The molecule has 0 saturated carbocycles. The Balaban J connectivity index is 1.51. The van der Waals surface area contributed by atoms with Crippen LogP contribution >= 0.6 is 23.4 Å². The van der Waals surface area contributed by atoms with Gasteiger partial charge in [-0.25, -0.2) is 8.42 Å². The number of aliphatic imine (C=N–C) groups is 1. The summed E-state index contributed by atoms with van der Waals surface area (Å²) in [6, 6.07) is 17.1. The normalized spacial score (nSPS) is 24.0. The van der Waals surface area contributed by atoms with Gasteiger partial charge in [0.2, 0.25) is 0 Å². The highest BCUT2D eigenvalue weighted by Gasteiger charge is 2.48. The molecule has 0 spiro atoms. The van der Waals surface area contributed by atoms with Gasteiger partial charge in [-0.2, -0.15) is 4.99 Å². The fourth-order valence-corrected chi connectivity index (χ4v) is 7.84. The van der Waals surface area contributed by atoms with Gasteiger partial charge in [0.05, 0.1) is 24.0 Å². The predicted octanol–water partition coefficient (Wildman–Crippen LogP) is 3.22. The third kappa shape index (κ3) is 5.02. The first-order chi connectivity index (χ1) is 13.9. The molecule has 1 amide bonds. The first-order valence-electron chi connectivity index (χ1n) is 9.43. The van der Waals surface area contributed by atoms with E-state index in [4.69, 9.17) is 11.6 Å². The van der Waals surface area contributed by atoms with Crippen molar-refractivity contribution in [3.05, 3.63) is 70.7 Å². The zero-order valence-electron chi connectivity index (χ0n) is 15.7. The first kappa shape index (κ1) is 20.4. The standard InChI is InChI=1S/C21H21ClN2O3S2/c22-17-8-6-16(7-9-17)12-20(25)23-21-24(11-10-15-4-2-1-3-5-15)18-13-29(26,27)14-19(18)28-21/h1-9,18-19H,10-14H2/t18-,19+/m0/s1. The molecule has 8 heteroatoms. The number of halogens is 1. The Labute approximate surface area is 180 Å². The van der Waals surface area contributed by atoms with Crippen LogP contribution in [0.25, 0.3) is 0 Å². The van der Waals surface area contributed by atoms with Gasteiger partial charge < -0.3 is 4.90 Å². The largest absolute Gasteiger partial charge is 0.346 e. The van der Waals surface area contributed by atoms with Crippen LogP contribution in [-0.4, -0.2) is 53.7 Å². The number of sulfone groups is 1. The van der Waals surface area contributed by atoms with E-state index in [2.05, 4.69) is 17.1 Å². The highest BCUT2D eigenvalue weighted by atomic mass is 35.5. The van der Waals surface area contributed by atoms with E-state index < -0.39 is 9.84 Å². The maximum atomic E-state index is 12.5. The molecule has 0 N–H and O–H groups in total. The number of hydrogen-bond donors (Lipinski definition) is 0. The number of amidine groups is 1. The highest BCUT2D eigenvalue weighted by molar-refractivity contribution is 8.15. The van der Waals surface area contributed by atoms with Crippen molar-refractivity contribution in [2.24, 2.45) is 4.99 Å². The molecule has 2 fully saturated rings. The number of fused-ring (bicyclic) bond motifs is 1. The lowest BCUT2D eigenvalue weighted by atomic mass is 10.1. The number of amides is 1. The molecule has 29 heavy (non-hydrogen) atoms. The van der Waals surface area contributed by atoms with Crippen molar-refractivity contribution in [1.82, 2.24) is 4.90 Å². The highest BCUT2D eigenvalue weighted by Crippen LogP contribution is 2.38. The zero-order chi connectivity index (χ0) is 20.4. The lowest BCUT2D eigenvalue weighted by Gasteiger charge is -2.24. The summed E-state index contributed by atoms with van der Waals surface area (Å²) in [5.74, 6) is 0.0423. The second-order valence-electron chi connectivity index (χ2n) is 7.32. The minimum absolute atomic E-state index is 0.0575. The Hall–Kier alpha value is -1.83. The summed E-state index contributed by atoms with van der Waals surface area (Å²) in [5, 5.41) is 1.21. The number of carbonyl (C=O) groups is 1. The van der Waals surface area contributed by atoms with Crippen molar-refractivity contribution in [1.29, 1.82) is 0 Å². The van der Waals surface area contributed by atoms with Crippen LogP contribution in [0.4, 0.5) is 0 Å². The Morgan fingerprint density at radius 1 is 1.07 bits per heavy atom. The van der Waals surface area contributed by atoms with E-state index in [0.717, 1.165) is 12.0 Å². The van der Waals surface area contributed by atoms with Gasteiger partial charge in [-0.15, -0.1) is 0 Å². The van der Waals surface area contributed by atoms with Crippen LogP contribution in [0.15, 0.2) is 59.6 Å². The lowest BCUT2D eigenvalue weighted by molar-refractivity contribution is -0.117. The van der Waals surface area contributed by atoms with E-state index >= 15 is 0 Å². The zero-order valence-corrected chi connectivity index (χ0v) is 18.1. The van der Waals surface area contributed by atoms with Gasteiger partial charge in [-0.3, -0.25) is 4.79 Å². The maximum Gasteiger partial charge on any atom is 0.252 e. The van der Waals surface area contributed by atoms with Crippen molar-refractivity contribution in [2.45, 2.75) is 24.1 Å². The predicted molar refractivity (Wildman–Crippen MR) is 118 cm³/mol. The summed E-state index contributed by atoms with van der Waals surface area (Å²) in [7, 11) is -3.04. The number of nitrogens with zero attached hydrogens (tertiary/aromatic N) is 2. The SMILES string of the molecule is O=C(Cc1ccc(Cl)cc1)N=C1S[C@@H]2CS(=O)(=O)C[C@@H]2N1CCc1ccccc1. The van der Waals surface area contributed by atoms with Crippen LogP contribution < -0.4 is 0 Å². The second-order valence-corrected chi connectivity index (χ2v) is 11.1. The summed E-state index contributed by atoms with van der Waals surface area (Å²) >= 11 is 7.32. The average Bonchev–Trinajstić information content (AvgIpc) is 3.14. The van der Waals surface area contributed by atoms with Crippen LogP contribution in [0.3, 0.4) is 0 Å². The van der Waals surface area contributed by atoms with Crippen molar-refractivity contribution in [3.63, 3.8) is 0 Å². The summed E-state index contributed by atoms with van der Waals surface area (Å²) in [4.78, 5) is 18.9. The van der Waals surface area contributed by atoms with Gasteiger partial charge >= 0.3 is 0 Å². The van der Waals surface area contributed by atoms with Gasteiger partial charge in [-0.1, -0.05) is 65.8 Å². The van der Waals surface area contributed by atoms with Gasteiger partial charge in [-0.05, 0) is 29.7 Å². The van der Waals surface area contributed by atoms with Crippen molar-refractivity contribution in [2.75, 3.05) is 18.1 Å². The lowest BCUT2D eigenvalue weighted by Crippen LogP contribution is -2.39. The fraction of sp³-hybridized carbons (Fsp3) is 0.333. The Morgan fingerprint density at radius 3 is 2.52 bits per heavy atom. The molecule has 152 valence electrons. The van der Waals surface area contributed by atoms with E-state index in [1.54, 1.807) is 12.1 Å². The molecule has 0 bridgehead atoms. The topological polar surface area (TPSA) is 66.8 Å². The Bertz CT molecular complexity index is 1020. The maximum absolute atomic E-state index is 12.5. The smallest absolute Gasteiger partial charge is 0.252 e. The van der Waals surface area contributed by atoms with Gasteiger partial charge in [0.1, 0.15) is 0 Å². The van der Waals surface area contributed by atoms with Gasteiger partial charge in [0.15, 0.2) is 15.0 Å². The fourth-order valence-electron chi connectivity index (χ4n) is 3.71. The number of rotatable bonds is 5. The second kappa shape index (κ2) is 8.50. The number of benzene rings is 2. The first-order valence-corrected chi connectivity index (χ1v) is 12.5. The molecule has 2 saturated heterocycles. The average molecular weight is 449 g/mol. The van der Waals surface area contributed by atoms with Crippen LogP contribution in [-0.2, 0) is 27.5 Å². The number of carbonyl (C=O) groups excluding carboxylic acids is 1. The van der Waals surface area contributed by atoms with Crippen LogP contribution in [0.5, 0.6) is 0 Å². The summed E-state index contributed by atoms with van der Waals surface area (Å²) < 4.78 is 24.2. The van der Waals surface area contributed by atoms with E-state index in [9.17, 15) is 13.2 Å². The summed E-state index contributed by atoms with van der Waals surface area (Å²) in [6.45, 7) is 0.640. The molecule has 4 rings (SSSR count). The monoisotopic (exact) mass is 448 g/mol. The van der Waals surface area contributed by atoms with Crippen LogP contribution in [0, 0.1) is 0 Å². The molecular weight excluding hydrogens is 428 g/mol. The van der Waals surface area contributed by atoms with Crippen LogP contribution in [0.2, 0.25) is 5.02 Å². The van der Waals surface area contributed by atoms with E-state index in [-0.39, 0.29) is 35.1 Å².